The van der Waals surface area contributed by atoms with E-state index in [9.17, 15) is 13.2 Å². The molecule has 1 aromatic carbocycles. The fourth-order valence-electron chi connectivity index (χ4n) is 2.60. The van der Waals surface area contributed by atoms with Gasteiger partial charge in [0.05, 0.1) is 23.9 Å². The van der Waals surface area contributed by atoms with E-state index in [4.69, 9.17) is 9.84 Å². The van der Waals surface area contributed by atoms with Gasteiger partial charge in [-0.15, -0.1) is 0 Å². The van der Waals surface area contributed by atoms with E-state index in [0.717, 1.165) is 17.8 Å². The van der Waals surface area contributed by atoms with Crippen LogP contribution in [-0.2, 0) is 10.0 Å². The molecular weight excluding hydrogens is 332 g/mol. The molecule has 126 valence electrons. The van der Waals surface area contributed by atoms with Gasteiger partial charge in [0.1, 0.15) is 10.6 Å². The molecule has 1 unspecified atom stereocenters. The molecule has 0 bridgehead atoms. The number of para-hydroxylation sites is 1. The fraction of sp³-hybridized carbons (Fsp3) is 0.250. The highest BCUT2D eigenvalue weighted by Crippen LogP contribution is 2.32. The molecule has 8 heteroatoms. The van der Waals surface area contributed by atoms with E-state index in [-0.39, 0.29) is 16.2 Å². The fourth-order valence-corrected chi connectivity index (χ4v) is 3.82. The SMILES string of the molecule is Cc1ncc(S(=O)(=O)NC2CCOc3ccccc32)cc1C(=O)O. The number of carboxylic acids is 1. The number of aromatic carboxylic acids is 1. The van der Waals surface area contributed by atoms with Gasteiger partial charge in [-0.1, -0.05) is 18.2 Å². The van der Waals surface area contributed by atoms with Crippen molar-refractivity contribution in [1.29, 1.82) is 0 Å². The quantitative estimate of drug-likeness (QED) is 0.874. The normalized spacial score (nSPS) is 17.0. The third-order valence-electron chi connectivity index (χ3n) is 3.86. The van der Waals surface area contributed by atoms with Gasteiger partial charge >= 0.3 is 5.97 Å². The summed E-state index contributed by atoms with van der Waals surface area (Å²) in [6, 6.07) is 7.90. The van der Waals surface area contributed by atoms with Crippen molar-refractivity contribution in [3.8, 4) is 5.75 Å². The Bertz CT molecular complexity index is 895. The molecule has 1 aliphatic rings. The van der Waals surface area contributed by atoms with Crippen LogP contribution in [0.5, 0.6) is 5.75 Å². The molecule has 2 heterocycles. The van der Waals surface area contributed by atoms with Gasteiger partial charge in [0.15, 0.2) is 0 Å². The summed E-state index contributed by atoms with van der Waals surface area (Å²) in [4.78, 5) is 14.9. The van der Waals surface area contributed by atoms with Crippen LogP contribution in [0.4, 0.5) is 0 Å². The Hall–Kier alpha value is -2.45. The maximum atomic E-state index is 12.6. The van der Waals surface area contributed by atoms with Gasteiger partial charge in [-0.2, -0.15) is 0 Å². The van der Waals surface area contributed by atoms with E-state index in [1.807, 2.05) is 12.1 Å². The number of benzene rings is 1. The molecule has 0 saturated heterocycles. The summed E-state index contributed by atoms with van der Waals surface area (Å²) in [5, 5.41) is 9.14. The number of rotatable bonds is 4. The number of aromatic nitrogens is 1. The summed E-state index contributed by atoms with van der Waals surface area (Å²) < 4.78 is 33.4. The molecule has 3 rings (SSSR count). The maximum absolute atomic E-state index is 12.6. The standard InChI is InChI=1S/C16H16N2O5S/c1-10-13(16(19)20)8-11(9-17-10)24(21,22)18-14-6-7-23-15-5-3-2-4-12(14)15/h2-5,8-9,14,18H,6-7H2,1H3,(H,19,20). The number of hydrogen-bond donors (Lipinski definition) is 2. The number of nitrogens with zero attached hydrogens (tertiary/aromatic N) is 1. The van der Waals surface area contributed by atoms with Crippen LogP contribution in [0.25, 0.3) is 0 Å². The summed E-state index contributed by atoms with van der Waals surface area (Å²) in [6.07, 6.45) is 1.65. The number of fused-ring (bicyclic) bond motifs is 1. The summed E-state index contributed by atoms with van der Waals surface area (Å²) in [5.41, 5.74) is 0.883. The lowest BCUT2D eigenvalue weighted by molar-refractivity contribution is 0.0695. The van der Waals surface area contributed by atoms with E-state index in [0.29, 0.717) is 18.8 Å². The van der Waals surface area contributed by atoms with Crippen molar-refractivity contribution in [2.24, 2.45) is 0 Å². The van der Waals surface area contributed by atoms with Crippen LogP contribution in [0.1, 0.15) is 34.1 Å². The molecule has 2 aromatic rings. The Morgan fingerprint density at radius 2 is 2.12 bits per heavy atom. The lowest BCUT2D eigenvalue weighted by Gasteiger charge is -2.26. The van der Waals surface area contributed by atoms with Gasteiger partial charge in [0.25, 0.3) is 0 Å². The summed E-state index contributed by atoms with van der Waals surface area (Å²) in [7, 11) is -3.91. The molecular formula is C16H16N2O5S. The number of sulfonamides is 1. The van der Waals surface area contributed by atoms with E-state index in [1.165, 1.54) is 6.92 Å². The second kappa shape index (κ2) is 6.21. The highest BCUT2D eigenvalue weighted by Gasteiger charge is 2.27. The van der Waals surface area contributed by atoms with Gasteiger partial charge in [-0.05, 0) is 19.1 Å². The van der Waals surface area contributed by atoms with Crippen molar-refractivity contribution in [2.75, 3.05) is 6.61 Å². The van der Waals surface area contributed by atoms with Crippen molar-refractivity contribution in [2.45, 2.75) is 24.3 Å². The maximum Gasteiger partial charge on any atom is 0.337 e. The Labute approximate surface area is 139 Å². The molecule has 0 aliphatic carbocycles. The molecule has 0 fully saturated rings. The monoisotopic (exact) mass is 348 g/mol. The topological polar surface area (TPSA) is 106 Å². The average molecular weight is 348 g/mol. The van der Waals surface area contributed by atoms with Crippen molar-refractivity contribution < 1.29 is 23.1 Å². The molecule has 0 amide bonds. The number of carboxylic acid groups (broad SMARTS) is 1. The Morgan fingerprint density at radius 1 is 1.38 bits per heavy atom. The number of carbonyl (C=O) groups is 1. The minimum absolute atomic E-state index is 0.134. The van der Waals surface area contributed by atoms with Crippen molar-refractivity contribution >= 4 is 16.0 Å². The second-order valence-electron chi connectivity index (χ2n) is 5.46. The Morgan fingerprint density at radius 3 is 2.88 bits per heavy atom. The molecule has 2 N–H and O–H groups in total. The largest absolute Gasteiger partial charge is 0.493 e. The lowest BCUT2D eigenvalue weighted by atomic mass is 10.0. The smallest absolute Gasteiger partial charge is 0.337 e. The van der Waals surface area contributed by atoms with E-state index < -0.39 is 22.0 Å². The summed E-state index contributed by atoms with van der Waals surface area (Å²) in [6.45, 7) is 1.92. The third kappa shape index (κ3) is 3.10. The van der Waals surface area contributed by atoms with Crippen molar-refractivity contribution in [1.82, 2.24) is 9.71 Å². The molecule has 0 spiro atoms. The van der Waals surface area contributed by atoms with Crippen LogP contribution in [0, 0.1) is 6.92 Å². The molecule has 1 aromatic heterocycles. The van der Waals surface area contributed by atoms with Crippen LogP contribution in [0.3, 0.4) is 0 Å². The first-order chi connectivity index (χ1) is 11.4. The van der Waals surface area contributed by atoms with Gasteiger partial charge < -0.3 is 9.84 Å². The highest BCUT2D eigenvalue weighted by molar-refractivity contribution is 7.89. The molecule has 1 aliphatic heterocycles. The zero-order valence-corrected chi connectivity index (χ0v) is 13.7. The van der Waals surface area contributed by atoms with Gasteiger partial charge in [-0.25, -0.2) is 17.9 Å². The van der Waals surface area contributed by atoms with E-state index in [2.05, 4.69) is 9.71 Å². The first kappa shape index (κ1) is 16.4. The van der Waals surface area contributed by atoms with Crippen LogP contribution in [0.15, 0.2) is 41.4 Å². The zero-order valence-electron chi connectivity index (χ0n) is 12.9. The van der Waals surface area contributed by atoms with Crippen molar-refractivity contribution in [3.05, 3.63) is 53.3 Å². The van der Waals surface area contributed by atoms with Crippen molar-refractivity contribution in [3.63, 3.8) is 0 Å². The number of nitrogens with one attached hydrogen (secondary N) is 1. The molecule has 0 saturated carbocycles. The average Bonchev–Trinajstić information content (AvgIpc) is 2.55. The zero-order chi connectivity index (χ0) is 17.3. The van der Waals surface area contributed by atoms with Crippen LogP contribution < -0.4 is 9.46 Å². The lowest BCUT2D eigenvalue weighted by Crippen LogP contribution is -2.32. The Kier molecular flexibility index (Phi) is 4.25. The molecule has 24 heavy (non-hydrogen) atoms. The van der Waals surface area contributed by atoms with Gasteiger partial charge in [0, 0.05) is 18.2 Å². The Balaban J connectivity index is 1.93. The molecule has 1 atom stereocenters. The number of pyridine rings is 1. The summed E-state index contributed by atoms with van der Waals surface area (Å²) in [5.74, 6) is -0.571. The molecule has 0 radical (unpaired) electrons. The number of aryl methyl sites for hydroxylation is 1. The third-order valence-corrected chi connectivity index (χ3v) is 5.30. The predicted molar refractivity (Wildman–Crippen MR) is 85.5 cm³/mol. The van der Waals surface area contributed by atoms with E-state index >= 15 is 0 Å². The van der Waals surface area contributed by atoms with Crippen LogP contribution in [0.2, 0.25) is 0 Å². The first-order valence-electron chi connectivity index (χ1n) is 7.32. The van der Waals surface area contributed by atoms with Crippen LogP contribution in [-0.4, -0.2) is 31.1 Å². The van der Waals surface area contributed by atoms with Gasteiger partial charge in [-0.3, -0.25) is 4.98 Å². The number of hydrogen-bond acceptors (Lipinski definition) is 5. The highest BCUT2D eigenvalue weighted by atomic mass is 32.2. The number of ether oxygens (including phenoxy) is 1. The van der Waals surface area contributed by atoms with Crippen LogP contribution >= 0.6 is 0 Å². The predicted octanol–water partition coefficient (Wildman–Crippen LogP) is 1.89. The van der Waals surface area contributed by atoms with E-state index in [1.54, 1.807) is 12.1 Å². The van der Waals surface area contributed by atoms with Gasteiger partial charge in [0.2, 0.25) is 10.0 Å². The first-order valence-corrected chi connectivity index (χ1v) is 8.81. The second-order valence-corrected chi connectivity index (χ2v) is 7.17. The summed E-state index contributed by atoms with van der Waals surface area (Å²) >= 11 is 0. The molecule has 7 nitrogen and oxygen atoms in total. The minimum Gasteiger partial charge on any atom is -0.493 e. The minimum atomic E-state index is -3.91.